The standard InChI is InChI=1S/C15H23FN2/c1-17-14(12-6-8-13(16)9-7-12)15(18(2)3)10-4-5-11-15/h6-9,14,17H,4-5,10-11H2,1-3H3. The van der Waals surface area contributed by atoms with Crippen LogP contribution in [0.25, 0.3) is 0 Å². The van der Waals surface area contributed by atoms with E-state index in [1.54, 1.807) is 12.1 Å². The molecule has 0 aromatic heterocycles. The molecule has 0 amide bonds. The summed E-state index contributed by atoms with van der Waals surface area (Å²) in [6, 6.07) is 7.17. The Kier molecular flexibility index (Phi) is 4.03. The fourth-order valence-corrected chi connectivity index (χ4v) is 3.38. The van der Waals surface area contributed by atoms with Crippen molar-refractivity contribution in [3.63, 3.8) is 0 Å². The van der Waals surface area contributed by atoms with Crippen molar-refractivity contribution in [2.75, 3.05) is 21.1 Å². The molecule has 3 heteroatoms. The molecule has 100 valence electrons. The van der Waals surface area contributed by atoms with Crippen LogP contribution >= 0.6 is 0 Å². The number of rotatable bonds is 4. The quantitative estimate of drug-likeness (QED) is 0.884. The van der Waals surface area contributed by atoms with Crippen molar-refractivity contribution in [3.05, 3.63) is 35.6 Å². The molecule has 1 atom stereocenters. The third kappa shape index (κ3) is 2.29. The van der Waals surface area contributed by atoms with Crippen LogP contribution in [0.1, 0.15) is 37.3 Å². The van der Waals surface area contributed by atoms with Crippen LogP contribution in [0, 0.1) is 5.82 Å². The summed E-state index contributed by atoms with van der Waals surface area (Å²) in [5.41, 5.74) is 1.33. The average Bonchev–Trinajstić information content (AvgIpc) is 2.83. The Bertz CT molecular complexity index is 380. The molecule has 18 heavy (non-hydrogen) atoms. The highest BCUT2D eigenvalue weighted by molar-refractivity contribution is 5.25. The maximum Gasteiger partial charge on any atom is 0.123 e. The molecule has 0 aliphatic heterocycles. The third-order valence-electron chi connectivity index (χ3n) is 4.39. The second kappa shape index (κ2) is 5.37. The van der Waals surface area contributed by atoms with Crippen molar-refractivity contribution in [1.29, 1.82) is 0 Å². The highest BCUT2D eigenvalue weighted by Gasteiger charge is 2.43. The Hall–Kier alpha value is -0.930. The predicted octanol–water partition coefficient (Wildman–Crippen LogP) is 2.96. The summed E-state index contributed by atoms with van der Waals surface area (Å²) in [5.74, 6) is -0.168. The number of halogens is 1. The van der Waals surface area contributed by atoms with Gasteiger partial charge in [-0.1, -0.05) is 25.0 Å². The van der Waals surface area contributed by atoms with E-state index in [1.807, 2.05) is 19.2 Å². The van der Waals surface area contributed by atoms with Crippen molar-refractivity contribution < 1.29 is 4.39 Å². The van der Waals surface area contributed by atoms with E-state index in [2.05, 4.69) is 24.3 Å². The zero-order chi connectivity index (χ0) is 13.2. The lowest BCUT2D eigenvalue weighted by molar-refractivity contribution is 0.108. The minimum absolute atomic E-state index is 0.159. The lowest BCUT2D eigenvalue weighted by Crippen LogP contribution is -2.51. The zero-order valence-corrected chi connectivity index (χ0v) is 11.5. The van der Waals surface area contributed by atoms with Crippen LogP contribution in [-0.2, 0) is 0 Å². The summed E-state index contributed by atoms with van der Waals surface area (Å²) < 4.78 is 13.1. The minimum Gasteiger partial charge on any atom is -0.311 e. The van der Waals surface area contributed by atoms with Gasteiger partial charge in [0.25, 0.3) is 0 Å². The number of hydrogen-bond acceptors (Lipinski definition) is 2. The molecule has 1 unspecified atom stereocenters. The van der Waals surface area contributed by atoms with Crippen molar-refractivity contribution in [2.24, 2.45) is 0 Å². The summed E-state index contributed by atoms with van der Waals surface area (Å²) >= 11 is 0. The van der Waals surface area contributed by atoms with E-state index in [0.717, 1.165) is 0 Å². The average molecular weight is 250 g/mol. The first-order chi connectivity index (χ1) is 8.60. The first-order valence-electron chi connectivity index (χ1n) is 6.70. The third-order valence-corrected chi connectivity index (χ3v) is 4.39. The molecule has 0 spiro atoms. The van der Waals surface area contributed by atoms with Crippen LogP contribution in [-0.4, -0.2) is 31.6 Å². The van der Waals surface area contributed by atoms with E-state index >= 15 is 0 Å². The van der Waals surface area contributed by atoms with Crippen LogP contribution in [0.2, 0.25) is 0 Å². The van der Waals surface area contributed by atoms with Gasteiger partial charge in [0.1, 0.15) is 5.82 Å². The molecular weight excluding hydrogens is 227 g/mol. The van der Waals surface area contributed by atoms with E-state index in [-0.39, 0.29) is 17.4 Å². The highest BCUT2D eigenvalue weighted by Crippen LogP contribution is 2.43. The molecule has 0 bridgehead atoms. The molecule has 1 aromatic carbocycles. The topological polar surface area (TPSA) is 15.3 Å². The minimum atomic E-state index is -0.168. The molecule has 1 aromatic rings. The van der Waals surface area contributed by atoms with Crippen LogP contribution < -0.4 is 5.32 Å². The number of nitrogens with one attached hydrogen (secondary N) is 1. The van der Waals surface area contributed by atoms with Gasteiger partial charge >= 0.3 is 0 Å². The SMILES string of the molecule is CNC(c1ccc(F)cc1)C1(N(C)C)CCCC1. The van der Waals surface area contributed by atoms with Crippen LogP contribution in [0.15, 0.2) is 24.3 Å². The van der Waals surface area contributed by atoms with Gasteiger partial charge in [0.2, 0.25) is 0 Å². The van der Waals surface area contributed by atoms with E-state index in [4.69, 9.17) is 0 Å². The summed E-state index contributed by atoms with van der Waals surface area (Å²) in [5, 5.41) is 3.44. The first kappa shape index (κ1) is 13.5. The fraction of sp³-hybridized carbons (Fsp3) is 0.600. The Morgan fingerprint density at radius 1 is 1.17 bits per heavy atom. The van der Waals surface area contributed by atoms with Gasteiger partial charge in [-0.05, 0) is 51.7 Å². The van der Waals surface area contributed by atoms with Gasteiger partial charge in [-0.3, -0.25) is 0 Å². The molecule has 0 heterocycles. The molecule has 1 N–H and O–H groups in total. The Labute approximate surface area is 109 Å². The Morgan fingerprint density at radius 3 is 2.17 bits per heavy atom. The van der Waals surface area contributed by atoms with E-state index in [9.17, 15) is 4.39 Å². The molecule has 0 saturated heterocycles. The van der Waals surface area contributed by atoms with E-state index < -0.39 is 0 Å². The molecule has 1 fully saturated rings. The molecule has 1 aliphatic carbocycles. The molecule has 2 rings (SSSR count). The van der Waals surface area contributed by atoms with Crippen molar-refractivity contribution in [3.8, 4) is 0 Å². The highest BCUT2D eigenvalue weighted by atomic mass is 19.1. The van der Waals surface area contributed by atoms with Gasteiger partial charge in [-0.25, -0.2) is 4.39 Å². The van der Waals surface area contributed by atoms with Gasteiger partial charge in [0.15, 0.2) is 0 Å². The Balaban J connectivity index is 2.34. The van der Waals surface area contributed by atoms with Crippen LogP contribution in [0.5, 0.6) is 0 Å². The van der Waals surface area contributed by atoms with Gasteiger partial charge in [-0.2, -0.15) is 0 Å². The lowest BCUT2D eigenvalue weighted by atomic mass is 9.82. The van der Waals surface area contributed by atoms with Gasteiger partial charge in [-0.15, -0.1) is 0 Å². The smallest absolute Gasteiger partial charge is 0.123 e. The first-order valence-corrected chi connectivity index (χ1v) is 6.70. The summed E-state index contributed by atoms with van der Waals surface area (Å²) in [4.78, 5) is 2.34. The van der Waals surface area contributed by atoms with E-state index in [1.165, 1.54) is 31.2 Å². The number of benzene rings is 1. The normalized spacial score (nSPS) is 20.3. The molecule has 2 nitrogen and oxygen atoms in total. The molecule has 0 radical (unpaired) electrons. The second-order valence-electron chi connectivity index (χ2n) is 5.48. The Morgan fingerprint density at radius 2 is 1.72 bits per heavy atom. The van der Waals surface area contributed by atoms with Gasteiger partial charge < -0.3 is 10.2 Å². The lowest BCUT2D eigenvalue weighted by Gasteiger charge is -2.43. The summed E-state index contributed by atoms with van der Waals surface area (Å²) in [7, 11) is 6.30. The predicted molar refractivity (Wildman–Crippen MR) is 73.1 cm³/mol. The number of nitrogens with zero attached hydrogens (tertiary/aromatic N) is 1. The van der Waals surface area contributed by atoms with Crippen molar-refractivity contribution >= 4 is 0 Å². The van der Waals surface area contributed by atoms with Gasteiger partial charge in [0, 0.05) is 5.54 Å². The fourth-order valence-electron chi connectivity index (χ4n) is 3.38. The van der Waals surface area contributed by atoms with E-state index in [0.29, 0.717) is 0 Å². The molecule has 1 aliphatic rings. The van der Waals surface area contributed by atoms with Crippen molar-refractivity contribution in [2.45, 2.75) is 37.3 Å². The maximum absolute atomic E-state index is 13.1. The zero-order valence-electron chi connectivity index (χ0n) is 11.5. The van der Waals surface area contributed by atoms with Gasteiger partial charge in [0.05, 0.1) is 6.04 Å². The largest absolute Gasteiger partial charge is 0.311 e. The monoisotopic (exact) mass is 250 g/mol. The maximum atomic E-state index is 13.1. The molecule has 1 saturated carbocycles. The number of likely N-dealkylation sites (N-methyl/N-ethyl adjacent to an activating group) is 2. The summed E-state index contributed by atoms with van der Waals surface area (Å²) in [6.45, 7) is 0. The molecular formula is C15H23FN2. The van der Waals surface area contributed by atoms with Crippen LogP contribution in [0.3, 0.4) is 0 Å². The number of hydrogen-bond donors (Lipinski definition) is 1. The summed E-state index contributed by atoms with van der Waals surface area (Å²) in [6.07, 6.45) is 4.95. The second-order valence-corrected chi connectivity index (χ2v) is 5.48. The van der Waals surface area contributed by atoms with Crippen LogP contribution in [0.4, 0.5) is 4.39 Å². The van der Waals surface area contributed by atoms with Crippen molar-refractivity contribution in [1.82, 2.24) is 10.2 Å².